The maximum Gasteiger partial charge on any atom is 0.283 e. The summed E-state index contributed by atoms with van der Waals surface area (Å²) in [7, 11) is 1.46. The lowest BCUT2D eigenvalue weighted by atomic mass is 9.81. The Balaban J connectivity index is 1.77. The van der Waals surface area contributed by atoms with Crippen molar-refractivity contribution in [2.24, 2.45) is 10.7 Å². The summed E-state index contributed by atoms with van der Waals surface area (Å²) in [5.74, 6) is 0.0177. The summed E-state index contributed by atoms with van der Waals surface area (Å²) in [6, 6.07) is 4.78. The molecule has 4 heterocycles. The summed E-state index contributed by atoms with van der Waals surface area (Å²) in [5, 5.41) is 0. The van der Waals surface area contributed by atoms with Crippen molar-refractivity contribution in [2.75, 3.05) is 13.7 Å². The zero-order valence-corrected chi connectivity index (χ0v) is 14.7. The van der Waals surface area contributed by atoms with Crippen molar-refractivity contribution in [2.45, 2.75) is 5.54 Å². The van der Waals surface area contributed by atoms with Crippen molar-refractivity contribution in [1.29, 1.82) is 0 Å². The number of amidine groups is 1. The molecule has 2 N–H and O–H groups in total. The van der Waals surface area contributed by atoms with Gasteiger partial charge in [0, 0.05) is 41.3 Å². The van der Waals surface area contributed by atoms with Gasteiger partial charge < -0.3 is 19.9 Å². The van der Waals surface area contributed by atoms with Gasteiger partial charge in [0.1, 0.15) is 18.7 Å². The van der Waals surface area contributed by atoms with E-state index in [1.807, 2.05) is 6.07 Å². The number of hydrogen-bond acceptors (Lipinski definition) is 8. The molecule has 1 aromatic carbocycles. The van der Waals surface area contributed by atoms with Crippen LogP contribution in [0, 0.1) is 5.82 Å². The van der Waals surface area contributed by atoms with Crippen molar-refractivity contribution in [3.63, 3.8) is 0 Å². The lowest BCUT2D eigenvalue weighted by Gasteiger charge is -2.33. The van der Waals surface area contributed by atoms with E-state index in [-0.39, 0.29) is 24.3 Å². The number of benzene rings is 1. The Morgan fingerprint density at radius 3 is 2.64 bits per heavy atom. The van der Waals surface area contributed by atoms with Gasteiger partial charge >= 0.3 is 0 Å². The highest BCUT2D eigenvalue weighted by Crippen LogP contribution is 2.52. The van der Waals surface area contributed by atoms with Crippen LogP contribution in [-0.2, 0) is 10.3 Å². The van der Waals surface area contributed by atoms with E-state index in [4.69, 9.17) is 19.9 Å². The van der Waals surface area contributed by atoms with E-state index in [1.165, 1.54) is 19.5 Å². The summed E-state index contributed by atoms with van der Waals surface area (Å²) < 4.78 is 31.2. The predicted octanol–water partition coefficient (Wildman–Crippen LogP) is 2.38. The van der Waals surface area contributed by atoms with Gasteiger partial charge in [0.2, 0.25) is 5.88 Å². The van der Waals surface area contributed by atoms with Gasteiger partial charge in [-0.2, -0.15) is 0 Å². The molecule has 1 atom stereocenters. The Bertz CT molecular complexity index is 1120. The molecule has 28 heavy (non-hydrogen) atoms. The van der Waals surface area contributed by atoms with Crippen LogP contribution in [0.3, 0.4) is 0 Å². The number of halogens is 1. The average Bonchev–Trinajstić information content (AvgIpc) is 3.11. The molecule has 0 aliphatic carbocycles. The smallest absolute Gasteiger partial charge is 0.283 e. The molecule has 0 saturated heterocycles. The van der Waals surface area contributed by atoms with E-state index in [2.05, 4.69) is 19.9 Å². The molecule has 140 valence electrons. The Morgan fingerprint density at radius 2 is 1.93 bits per heavy atom. The second kappa shape index (κ2) is 5.88. The molecule has 0 radical (unpaired) electrons. The molecule has 0 bridgehead atoms. The molecule has 0 fully saturated rings. The van der Waals surface area contributed by atoms with Crippen LogP contribution in [0.25, 0.3) is 11.1 Å². The van der Waals surface area contributed by atoms with Gasteiger partial charge in [-0.25, -0.2) is 24.3 Å². The zero-order chi connectivity index (χ0) is 19.3. The minimum atomic E-state index is -1.10. The van der Waals surface area contributed by atoms with Crippen LogP contribution in [0.2, 0.25) is 0 Å². The number of ether oxygens (including phenoxy) is 3. The van der Waals surface area contributed by atoms with Crippen molar-refractivity contribution < 1.29 is 18.6 Å². The molecule has 0 amide bonds. The van der Waals surface area contributed by atoms with E-state index in [1.54, 1.807) is 24.7 Å². The lowest BCUT2D eigenvalue weighted by molar-refractivity contribution is 0.258. The number of pyridine rings is 1. The summed E-state index contributed by atoms with van der Waals surface area (Å²) in [6.45, 7) is 0.0885. The highest BCUT2D eigenvalue weighted by atomic mass is 19.1. The number of fused-ring (bicyclic) bond motifs is 4. The van der Waals surface area contributed by atoms with Gasteiger partial charge in [0.15, 0.2) is 17.1 Å². The number of hydrogen-bond donors (Lipinski definition) is 1. The van der Waals surface area contributed by atoms with Gasteiger partial charge in [-0.3, -0.25) is 0 Å². The normalized spacial score (nSPS) is 19.3. The van der Waals surface area contributed by atoms with E-state index in [0.717, 1.165) is 11.1 Å². The Morgan fingerprint density at radius 1 is 1.11 bits per heavy atom. The molecule has 5 rings (SSSR count). The maximum absolute atomic E-state index is 14.7. The summed E-state index contributed by atoms with van der Waals surface area (Å²) in [5.41, 5.74) is 7.33. The third kappa shape index (κ3) is 2.29. The number of rotatable bonds is 2. The highest BCUT2D eigenvalue weighted by Gasteiger charge is 2.49. The van der Waals surface area contributed by atoms with Crippen molar-refractivity contribution in [3.8, 4) is 28.5 Å². The van der Waals surface area contributed by atoms with Crippen LogP contribution in [-0.4, -0.2) is 34.7 Å². The lowest BCUT2D eigenvalue weighted by Crippen LogP contribution is -2.32. The first-order chi connectivity index (χ1) is 13.6. The van der Waals surface area contributed by atoms with Crippen LogP contribution in [0.15, 0.2) is 48.1 Å². The van der Waals surface area contributed by atoms with Crippen molar-refractivity contribution >= 4 is 6.02 Å². The summed E-state index contributed by atoms with van der Waals surface area (Å²) >= 11 is 0. The first-order valence-corrected chi connectivity index (χ1v) is 8.40. The fraction of sp³-hybridized carbons (Fsp3) is 0.158. The fourth-order valence-electron chi connectivity index (χ4n) is 3.48. The third-order valence-corrected chi connectivity index (χ3v) is 4.82. The first kappa shape index (κ1) is 16.4. The fourth-order valence-corrected chi connectivity index (χ4v) is 3.48. The van der Waals surface area contributed by atoms with Gasteiger partial charge in [-0.1, -0.05) is 0 Å². The summed E-state index contributed by atoms with van der Waals surface area (Å²) in [6.07, 6.45) is 6.40. The number of aromatic nitrogens is 3. The molecule has 3 aromatic rings. The second-order valence-electron chi connectivity index (χ2n) is 6.39. The standard InChI is InChI=1S/C19H14FN5O3/c1-26-12-3-13-16(15(20)4-12)28-17-14(19(13)8-27-18(21)25-19)2-10(7-24-17)11-5-22-9-23-6-11/h2-7,9H,8H2,1H3,(H2,21,25)/t19-/m0/s1. The van der Waals surface area contributed by atoms with Gasteiger partial charge in [-0.15, -0.1) is 0 Å². The Kier molecular flexibility index (Phi) is 3.45. The SMILES string of the molecule is COc1cc(F)c2c(c1)[C@@]1(COC(N)=N1)c1cc(-c3cncnc3)cnc1O2. The minimum Gasteiger partial charge on any atom is -0.497 e. The van der Waals surface area contributed by atoms with Crippen molar-refractivity contribution in [1.82, 2.24) is 15.0 Å². The van der Waals surface area contributed by atoms with Crippen LogP contribution in [0.1, 0.15) is 11.1 Å². The molecular formula is C19H14FN5O3. The predicted molar refractivity (Wildman–Crippen MR) is 96.6 cm³/mol. The van der Waals surface area contributed by atoms with Crippen LogP contribution < -0.4 is 15.2 Å². The minimum absolute atomic E-state index is 0.00970. The highest BCUT2D eigenvalue weighted by molar-refractivity contribution is 5.77. The number of nitrogens with zero attached hydrogens (tertiary/aromatic N) is 4. The van der Waals surface area contributed by atoms with E-state index in [0.29, 0.717) is 16.9 Å². The Labute approximate surface area is 158 Å². The molecule has 2 aromatic heterocycles. The summed E-state index contributed by atoms with van der Waals surface area (Å²) in [4.78, 5) is 17.0. The van der Waals surface area contributed by atoms with E-state index < -0.39 is 11.4 Å². The molecule has 9 heteroatoms. The zero-order valence-electron chi connectivity index (χ0n) is 14.7. The second-order valence-corrected chi connectivity index (χ2v) is 6.39. The van der Waals surface area contributed by atoms with Crippen LogP contribution in [0.5, 0.6) is 17.4 Å². The quantitative estimate of drug-likeness (QED) is 0.729. The van der Waals surface area contributed by atoms with Crippen molar-refractivity contribution in [3.05, 3.63) is 60.1 Å². The Hall–Kier alpha value is -3.75. The van der Waals surface area contributed by atoms with E-state index >= 15 is 0 Å². The molecule has 8 nitrogen and oxygen atoms in total. The van der Waals surface area contributed by atoms with Gasteiger partial charge in [-0.05, 0) is 12.1 Å². The van der Waals surface area contributed by atoms with Crippen LogP contribution >= 0.6 is 0 Å². The maximum atomic E-state index is 14.7. The topological polar surface area (TPSA) is 105 Å². The molecule has 0 saturated carbocycles. The molecule has 0 unspecified atom stereocenters. The van der Waals surface area contributed by atoms with E-state index in [9.17, 15) is 4.39 Å². The third-order valence-electron chi connectivity index (χ3n) is 4.82. The molecule has 2 aliphatic rings. The largest absolute Gasteiger partial charge is 0.497 e. The molecular weight excluding hydrogens is 365 g/mol. The van der Waals surface area contributed by atoms with Gasteiger partial charge in [0.05, 0.1) is 12.7 Å². The number of nitrogens with two attached hydrogens (primary N) is 1. The number of aliphatic imine (C=N–C) groups is 1. The van der Waals surface area contributed by atoms with Gasteiger partial charge in [0.25, 0.3) is 6.02 Å². The first-order valence-electron chi connectivity index (χ1n) is 8.40. The monoisotopic (exact) mass is 379 g/mol. The molecule has 2 aliphatic heterocycles. The average molecular weight is 379 g/mol. The number of methoxy groups -OCH3 is 1. The van der Waals surface area contributed by atoms with Crippen LogP contribution in [0.4, 0.5) is 4.39 Å². The molecule has 1 spiro atoms.